The Morgan fingerprint density at radius 2 is 2.18 bits per heavy atom. The Labute approximate surface area is 112 Å². The van der Waals surface area contributed by atoms with Crippen molar-refractivity contribution in [2.75, 3.05) is 0 Å². The van der Waals surface area contributed by atoms with Gasteiger partial charge >= 0.3 is 0 Å². The zero-order valence-corrected chi connectivity index (χ0v) is 11.6. The van der Waals surface area contributed by atoms with Crippen LogP contribution in [0.2, 0.25) is 0 Å². The average Bonchev–Trinajstić information content (AvgIpc) is 2.28. The van der Waals surface area contributed by atoms with Crippen LogP contribution < -0.4 is 0 Å². The van der Waals surface area contributed by atoms with Crippen LogP contribution in [0.15, 0.2) is 40.1 Å². The SMILES string of the molecule is Cc1ccnc(SCc2ccc(Br)cc2F)n1. The van der Waals surface area contributed by atoms with Crippen molar-refractivity contribution in [1.29, 1.82) is 0 Å². The number of aromatic nitrogens is 2. The molecule has 1 aromatic heterocycles. The second-order valence-corrected chi connectivity index (χ2v) is 5.36. The largest absolute Gasteiger partial charge is 0.231 e. The molecule has 1 aromatic carbocycles. The van der Waals surface area contributed by atoms with Gasteiger partial charge in [0.25, 0.3) is 0 Å². The number of halogens is 2. The van der Waals surface area contributed by atoms with Crippen LogP contribution in [-0.2, 0) is 5.75 Å². The maximum Gasteiger partial charge on any atom is 0.188 e. The minimum Gasteiger partial charge on any atom is -0.231 e. The van der Waals surface area contributed by atoms with E-state index in [1.165, 1.54) is 17.8 Å². The molecule has 0 spiro atoms. The molecule has 2 rings (SSSR count). The predicted octanol–water partition coefficient (Wildman–Crippen LogP) is 3.98. The second-order valence-electron chi connectivity index (χ2n) is 3.51. The quantitative estimate of drug-likeness (QED) is 0.633. The second kappa shape index (κ2) is 5.60. The lowest BCUT2D eigenvalue weighted by Crippen LogP contribution is -1.91. The number of rotatable bonds is 3. The minimum absolute atomic E-state index is 0.209. The number of nitrogens with zero attached hydrogens (tertiary/aromatic N) is 2. The summed E-state index contributed by atoms with van der Waals surface area (Å²) in [5.74, 6) is 0.322. The third kappa shape index (κ3) is 3.51. The maximum atomic E-state index is 13.5. The van der Waals surface area contributed by atoms with Crippen LogP contribution in [0.5, 0.6) is 0 Å². The number of thioether (sulfide) groups is 1. The van der Waals surface area contributed by atoms with E-state index in [9.17, 15) is 4.39 Å². The molecule has 0 aliphatic heterocycles. The normalized spacial score (nSPS) is 10.5. The molecule has 2 nitrogen and oxygen atoms in total. The van der Waals surface area contributed by atoms with E-state index in [1.807, 2.05) is 19.1 Å². The number of benzene rings is 1. The molecule has 17 heavy (non-hydrogen) atoms. The van der Waals surface area contributed by atoms with Gasteiger partial charge in [0, 0.05) is 22.1 Å². The first kappa shape index (κ1) is 12.5. The third-order valence-corrected chi connectivity index (χ3v) is 3.55. The van der Waals surface area contributed by atoms with Gasteiger partial charge in [-0.3, -0.25) is 0 Å². The average molecular weight is 313 g/mol. The van der Waals surface area contributed by atoms with Gasteiger partial charge in [-0.05, 0) is 30.7 Å². The van der Waals surface area contributed by atoms with Gasteiger partial charge in [-0.2, -0.15) is 0 Å². The Morgan fingerprint density at radius 1 is 1.35 bits per heavy atom. The molecule has 0 saturated heterocycles. The summed E-state index contributed by atoms with van der Waals surface area (Å²) >= 11 is 4.66. The molecule has 0 atom stereocenters. The fourth-order valence-electron chi connectivity index (χ4n) is 1.28. The molecule has 0 unspecified atom stereocenters. The van der Waals surface area contributed by atoms with E-state index in [0.29, 0.717) is 16.5 Å². The summed E-state index contributed by atoms with van der Waals surface area (Å²) in [5, 5.41) is 0.673. The van der Waals surface area contributed by atoms with Gasteiger partial charge in [-0.15, -0.1) is 0 Å². The lowest BCUT2D eigenvalue weighted by Gasteiger charge is -2.03. The monoisotopic (exact) mass is 312 g/mol. The van der Waals surface area contributed by atoms with E-state index in [0.717, 1.165) is 10.2 Å². The van der Waals surface area contributed by atoms with Gasteiger partial charge in [-0.25, -0.2) is 14.4 Å². The zero-order chi connectivity index (χ0) is 12.3. The first-order valence-corrected chi connectivity index (χ1v) is 6.79. The van der Waals surface area contributed by atoms with E-state index in [1.54, 1.807) is 12.3 Å². The molecule has 0 N–H and O–H groups in total. The maximum absolute atomic E-state index is 13.5. The van der Waals surface area contributed by atoms with E-state index in [2.05, 4.69) is 25.9 Å². The van der Waals surface area contributed by atoms with E-state index in [-0.39, 0.29) is 5.82 Å². The smallest absolute Gasteiger partial charge is 0.188 e. The lowest BCUT2D eigenvalue weighted by molar-refractivity contribution is 0.616. The van der Waals surface area contributed by atoms with Gasteiger partial charge in [0.05, 0.1) is 0 Å². The van der Waals surface area contributed by atoms with Crippen LogP contribution >= 0.6 is 27.7 Å². The molecule has 0 amide bonds. The zero-order valence-electron chi connectivity index (χ0n) is 9.15. The molecule has 0 fully saturated rings. The van der Waals surface area contributed by atoms with Gasteiger partial charge in [0.2, 0.25) is 0 Å². The van der Waals surface area contributed by atoms with Crippen molar-refractivity contribution in [2.24, 2.45) is 0 Å². The van der Waals surface area contributed by atoms with Gasteiger partial charge < -0.3 is 0 Å². The summed E-state index contributed by atoms with van der Waals surface area (Å²) in [6.07, 6.45) is 1.71. The Kier molecular flexibility index (Phi) is 4.12. The summed E-state index contributed by atoms with van der Waals surface area (Å²) in [4.78, 5) is 8.38. The van der Waals surface area contributed by atoms with Crippen molar-refractivity contribution < 1.29 is 4.39 Å². The van der Waals surface area contributed by atoms with Crippen LogP contribution in [0.4, 0.5) is 4.39 Å². The first-order chi connectivity index (χ1) is 8.15. The Bertz CT molecular complexity index is 534. The molecule has 0 radical (unpaired) electrons. The van der Waals surface area contributed by atoms with Gasteiger partial charge in [0.1, 0.15) is 5.82 Å². The van der Waals surface area contributed by atoms with Crippen LogP contribution in [0.25, 0.3) is 0 Å². The molecule has 88 valence electrons. The van der Waals surface area contributed by atoms with Crippen LogP contribution in [0, 0.1) is 12.7 Å². The van der Waals surface area contributed by atoms with E-state index < -0.39 is 0 Å². The van der Waals surface area contributed by atoms with Crippen molar-refractivity contribution in [3.05, 3.63) is 52.0 Å². The highest BCUT2D eigenvalue weighted by molar-refractivity contribution is 9.10. The highest BCUT2D eigenvalue weighted by Gasteiger charge is 2.05. The number of hydrogen-bond donors (Lipinski definition) is 0. The minimum atomic E-state index is -0.209. The summed E-state index contributed by atoms with van der Waals surface area (Å²) < 4.78 is 14.3. The van der Waals surface area contributed by atoms with Gasteiger partial charge in [-0.1, -0.05) is 33.8 Å². The topological polar surface area (TPSA) is 25.8 Å². The predicted molar refractivity (Wildman–Crippen MR) is 70.4 cm³/mol. The number of hydrogen-bond acceptors (Lipinski definition) is 3. The molecule has 2 aromatic rings. The Morgan fingerprint density at radius 3 is 2.88 bits per heavy atom. The summed E-state index contributed by atoms with van der Waals surface area (Å²) in [5.41, 5.74) is 1.57. The van der Waals surface area contributed by atoms with Crippen molar-refractivity contribution in [3.63, 3.8) is 0 Å². The lowest BCUT2D eigenvalue weighted by atomic mass is 10.2. The fourth-order valence-corrected chi connectivity index (χ4v) is 2.47. The van der Waals surface area contributed by atoms with Crippen LogP contribution in [-0.4, -0.2) is 9.97 Å². The van der Waals surface area contributed by atoms with E-state index in [4.69, 9.17) is 0 Å². The fraction of sp³-hybridized carbons (Fsp3) is 0.167. The van der Waals surface area contributed by atoms with Gasteiger partial charge in [0.15, 0.2) is 5.16 Å². The van der Waals surface area contributed by atoms with Crippen molar-refractivity contribution in [1.82, 2.24) is 9.97 Å². The summed E-state index contributed by atoms with van der Waals surface area (Å²) in [6.45, 7) is 1.91. The highest BCUT2D eigenvalue weighted by Crippen LogP contribution is 2.23. The van der Waals surface area contributed by atoms with E-state index >= 15 is 0 Å². The van der Waals surface area contributed by atoms with Crippen molar-refractivity contribution in [2.45, 2.75) is 17.8 Å². The molecular formula is C12H10BrFN2S. The Hall–Kier alpha value is -0.940. The molecule has 5 heteroatoms. The van der Waals surface area contributed by atoms with Crippen LogP contribution in [0.3, 0.4) is 0 Å². The van der Waals surface area contributed by atoms with Crippen molar-refractivity contribution >= 4 is 27.7 Å². The summed E-state index contributed by atoms with van der Waals surface area (Å²) in [7, 11) is 0. The number of aryl methyl sites for hydroxylation is 1. The van der Waals surface area contributed by atoms with Crippen LogP contribution in [0.1, 0.15) is 11.3 Å². The summed E-state index contributed by atoms with van der Waals surface area (Å²) in [6, 6.07) is 6.90. The molecular weight excluding hydrogens is 303 g/mol. The van der Waals surface area contributed by atoms with Crippen molar-refractivity contribution in [3.8, 4) is 0 Å². The Balaban J connectivity index is 2.07. The highest BCUT2D eigenvalue weighted by atomic mass is 79.9. The molecule has 0 aliphatic rings. The molecule has 0 bridgehead atoms. The standard InChI is InChI=1S/C12H10BrFN2S/c1-8-4-5-15-12(16-8)17-7-9-2-3-10(13)6-11(9)14/h2-6H,7H2,1H3. The molecule has 0 aliphatic carbocycles. The molecule has 1 heterocycles. The molecule has 0 saturated carbocycles. The third-order valence-electron chi connectivity index (χ3n) is 2.14. The first-order valence-electron chi connectivity index (χ1n) is 5.01.